The third-order valence-electron chi connectivity index (χ3n) is 8.32. The van der Waals surface area contributed by atoms with Crippen molar-refractivity contribution in [2.75, 3.05) is 0 Å². The van der Waals surface area contributed by atoms with E-state index in [1.807, 2.05) is 0 Å². The molecule has 6 unspecified atom stereocenters. The summed E-state index contributed by atoms with van der Waals surface area (Å²) in [5.74, 6) is 3.69. The summed E-state index contributed by atoms with van der Waals surface area (Å²) in [6, 6.07) is 10.8. The van der Waals surface area contributed by atoms with Crippen LogP contribution in [0.5, 0.6) is 0 Å². The van der Waals surface area contributed by atoms with Gasteiger partial charge in [-0.25, -0.2) is 0 Å². The van der Waals surface area contributed by atoms with Gasteiger partial charge < -0.3 is 9.84 Å². The normalized spacial score (nSPS) is 33.1. The van der Waals surface area contributed by atoms with Crippen LogP contribution in [0.1, 0.15) is 70.3 Å². The highest BCUT2D eigenvalue weighted by Gasteiger charge is 2.46. The summed E-state index contributed by atoms with van der Waals surface area (Å²) in [6.07, 6.45) is 19.0. The Morgan fingerprint density at radius 2 is 1.94 bits per heavy atom. The molecule has 0 heterocycles. The Kier molecular flexibility index (Phi) is 6.36. The number of aliphatic hydroxyl groups is 1. The number of benzene rings is 1. The monoisotopic (exact) mass is 418 g/mol. The average Bonchev–Trinajstić information content (AvgIpc) is 2.80. The number of hydrogen-bond donors (Lipinski definition) is 1. The molecule has 4 aliphatic rings. The van der Waals surface area contributed by atoms with Crippen LogP contribution in [0, 0.1) is 23.7 Å². The van der Waals surface area contributed by atoms with Gasteiger partial charge in [0.25, 0.3) is 0 Å². The van der Waals surface area contributed by atoms with Crippen molar-refractivity contribution in [3.63, 3.8) is 0 Å². The minimum Gasteiger partial charge on any atom is -0.491 e. The van der Waals surface area contributed by atoms with Gasteiger partial charge in [-0.1, -0.05) is 48.4 Å². The lowest BCUT2D eigenvalue weighted by atomic mass is 9.55. The number of hydrogen-bond acceptors (Lipinski definition) is 2. The zero-order chi connectivity index (χ0) is 21.2. The van der Waals surface area contributed by atoms with Crippen molar-refractivity contribution in [2.45, 2.75) is 83.3 Å². The fraction of sp³-hybridized carbons (Fsp3) is 0.586. The van der Waals surface area contributed by atoms with Crippen LogP contribution in [0.4, 0.5) is 0 Å². The molecule has 1 N–H and O–H groups in total. The maximum absolute atomic E-state index is 10.4. The minimum atomic E-state index is -0.104. The highest BCUT2D eigenvalue weighted by Crippen LogP contribution is 2.55. The fourth-order valence-corrected chi connectivity index (χ4v) is 6.87. The molecule has 1 aromatic rings. The molecule has 5 rings (SSSR count). The van der Waals surface area contributed by atoms with Gasteiger partial charge in [0.2, 0.25) is 0 Å². The summed E-state index contributed by atoms with van der Waals surface area (Å²) < 4.78 is 6.41. The van der Waals surface area contributed by atoms with Gasteiger partial charge in [0.1, 0.15) is 5.76 Å². The molecule has 4 aliphatic carbocycles. The summed E-state index contributed by atoms with van der Waals surface area (Å²) in [5.41, 5.74) is 4.70. The smallest absolute Gasteiger partial charge is 0.119 e. The van der Waals surface area contributed by atoms with Gasteiger partial charge in [-0.15, -0.1) is 0 Å². The number of rotatable bonds is 6. The molecule has 0 amide bonds. The molecular formula is C29H38O2. The molecule has 6 atom stereocenters. The van der Waals surface area contributed by atoms with Crippen LogP contribution in [-0.2, 0) is 11.2 Å². The predicted molar refractivity (Wildman–Crippen MR) is 126 cm³/mol. The third-order valence-corrected chi connectivity index (χ3v) is 8.32. The van der Waals surface area contributed by atoms with E-state index in [0.717, 1.165) is 49.7 Å². The standard InChI is InChI=1S/C29H38O2/c1-20(8-7-11-21-9-3-2-4-10-21)31-23-15-17-27-28-18-22(30)14-16-26(28)24-12-5-6-13-25(24)29(27)19-23/h2-4,9-10,15,17,19-20,22,24,26-28,30H,5-8,11-14,16,18H2,1H3. The molecule has 0 saturated heterocycles. The van der Waals surface area contributed by atoms with E-state index in [1.54, 1.807) is 11.1 Å². The second kappa shape index (κ2) is 9.36. The van der Waals surface area contributed by atoms with Crippen LogP contribution in [0.2, 0.25) is 0 Å². The topological polar surface area (TPSA) is 29.5 Å². The first-order chi connectivity index (χ1) is 15.2. The van der Waals surface area contributed by atoms with Gasteiger partial charge in [-0.3, -0.25) is 0 Å². The van der Waals surface area contributed by atoms with Crippen molar-refractivity contribution < 1.29 is 9.84 Å². The highest BCUT2D eigenvalue weighted by molar-refractivity contribution is 5.44. The van der Waals surface area contributed by atoms with Gasteiger partial charge in [-0.05, 0) is 106 Å². The molecule has 0 aromatic heterocycles. The molecule has 0 aliphatic heterocycles. The van der Waals surface area contributed by atoms with Crippen LogP contribution < -0.4 is 0 Å². The molecular weight excluding hydrogens is 380 g/mol. The van der Waals surface area contributed by atoms with Gasteiger partial charge in [0, 0.05) is 5.92 Å². The van der Waals surface area contributed by atoms with Crippen LogP contribution in [0.3, 0.4) is 0 Å². The lowest BCUT2D eigenvalue weighted by molar-refractivity contribution is 0.0271. The summed E-state index contributed by atoms with van der Waals surface area (Å²) in [4.78, 5) is 0. The number of aryl methyl sites for hydroxylation is 1. The Morgan fingerprint density at radius 3 is 2.81 bits per heavy atom. The Balaban J connectivity index is 1.27. The van der Waals surface area contributed by atoms with Gasteiger partial charge in [0.15, 0.2) is 0 Å². The van der Waals surface area contributed by atoms with Crippen LogP contribution in [-0.4, -0.2) is 17.3 Å². The van der Waals surface area contributed by atoms with Crippen molar-refractivity contribution in [3.8, 4) is 0 Å². The maximum Gasteiger partial charge on any atom is 0.119 e. The minimum absolute atomic E-state index is 0.104. The predicted octanol–water partition coefficient (Wildman–Crippen LogP) is 6.76. The van der Waals surface area contributed by atoms with Crippen LogP contribution in [0.15, 0.2) is 65.5 Å². The molecule has 2 saturated carbocycles. The van der Waals surface area contributed by atoms with E-state index in [0.29, 0.717) is 11.8 Å². The van der Waals surface area contributed by atoms with E-state index < -0.39 is 0 Å². The molecule has 2 fully saturated rings. The van der Waals surface area contributed by atoms with E-state index in [9.17, 15) is 5.11 Å². The van der Waals surface area contributed by atoms with Crippen molar-refractivity contribution in [2.24, 2.45) is 23.7 Å². The van der Waals surface area contributed by atoms with E-state index in [4.69, 9.17) is 4.74 Å². The lowest BCUT2D eigenvalue weighted by Crippen LogP contribution is -2.42. The number of fused-ring (bicyclic) bond motifs is 5. The highest BCUT2D eigenvalue weighted by atomic mass is 16.5. The molecule has 0 spiro atoms. The summed E-state index contributed by atoms with van der Waals surface area (Å²) in [5, 5.41) is 10.4. The SMILES string of the molecule is CC(CCCc1ccccc1)OC1=CC2=C3CCCCC3C3CCC(O)CC3C2C=C1. The van der Waals surface area contributed by atoms with Gasteiger partial charge in [-0.2, -0.15) is 0 Å². The number of aliphatic hydroxyl groups excluding tert-OH is 1. The van der Waals surface area contributed by atoms with Crippen LogP contribution >= 0.6 is 0 Å². The Hall–Kier alpha value is -1.80. The van der Waals surface area contributed by atoms with Crippen molar-refractivity contribution in [1.82, 2.24) is 0 Å². The quantitative estimate of drug-likeness (QED) is 0.553. The molecule has 166 valence electrons. The summed E-state index contributed by atoms with van der Waals surface area (Å²) >= 11 is 0. The van der Waals surface area contributed by atoms with Gasteiger partial charge >= 0.3 is 0 Å². The molecule has 1 aromatic carbocycles. The molecule has 31 heavy (non-hydrogen) atoms. The number of ether oxygens (including phenoxy) is 1. The second-order valence-electron chi connectivity index (χ2n) is 10.4. The zero-order valence-electron chi connectivity index (χ0n) is 19.0. The molecule has 0 bridgehead atoms. The second-order valence-corrected chi connectivity index (χ2v) is 10.4. The van der Waals surface area contributed by atoms with E-state index in [-0.39, 0.29) is 12.2 Å². The van der Waals surface area contributed by atoms with E-state index >= 15 is 0 Å². The summed E-state index contributed by atoms with van der Waals surface area (Å²) in [6.45, 7) is 2.21. The van der Waals surface area contributed by atoms with E-state index in [1.165, 1.54) is 37.7 Å². The molecule has 0 radical (unpaired) electrons. The Morgan fingerprint density at radius 1 is 1.06 bits per heavy atom. The maximum atomic E-state index is 10.4. The van der Waals surface area contributed by atoms with Gasteiger partial charge in [0.05, 0.1) is 12.2 Å². The average molecular weight is 419 g/mol. The zero-order valence-corrected chi connectivity index (χ0v) is 19.0. The largest absolute Gasteiger partial charge is 0.491 e. The van der Waals surface area contributed by atoms with Crippen molar-refractivity contribution in [1.29, 1.82) is 0 Å². The summed E-state index contributed by atoms with van der Waals surface area (Å²) in [7, 11) is 0. The van der Waals surface area contributed by atoms with Crippen molar-refractivity contribution >= 4 is 0 Å². The Labute approximate surface area is 188 Å². The molecule has 2 nitrogen and oxygen atoms in total. The first kappa shape index (κ1) is 21.1. The Bertz CT molecular complexity index is 849. The number of allylic oxidation sites excluding steroid dienone is 5. The first-order valence-electron chi connectivity index (χ1n) is 12.7. The molecule has 2 heteroatoms. The van der Waals surface area contributed by atoms with Crippen LogP contribution in [0.25, 0.3) is 0 Å². The van der Waals surface area contributed by atoms with E-state index in [2.05, 4.69) is 55.5 Å². The lowest BCUT2D eigenvalue weighted by Gasteiger charge is -2.50. The first-order valence-corrected chi connectivity index (χ1v) is 12.7. The van der Waals surface area contributed by atoms with Crippen molar-refractivity contribution in [3.05, 3.63) is 71.0 Å². The fourth-order valence-electron chi connectivity index (χ4n) is 6.87. The third kappa shape index (κ3) is 4.55.